The summed E-state index contributed by atoms with van der Waals surface area (Å²) in [5.41, 5.74) is -0.722. The van der Waals surface area contributed by atoms with Crippen molar-refractivity contribution in [3.8, 4) is 5.75 Å². The molecule has 1 N–H and O–H groups in total. The number of nitrogens with one attached hydrogen (secondary N) is 1. The zero-order valence-corrected chi connectivity index (χ0v) is 12.2. The van der Waals surface area contributed by atoms with Gasteiger partial charge in [-0.2, -0.15) is 0 Å². The minimum absolute atomic E-state index is 0.00979. The van der Waals surface area contributed by atoms with Gasteiger partial charge in [-0.15, -0.1) is 0 Å². The molecule has 6 nitrogen and oxygen atoms in total. The van der Waals surface area contributed by atoms with Gasteiger partial charge in [0.2, 0.25) is 0 Å². The van der Waals surface area contributed by atoms with Gasteiger partial charge >= 0.3 is 12.0 Å². The molecule has 1 aromatic carbocycles. The number of benzene rings is 1. The number of rotatable bonds is 4. The van der Waals surface area contributed by atoms with Crippen molar-refractivity contribution in [3.05, 3.63) is 30.3 Å². The van der Waals surface area contributed by atoms with Gasteiger partial charge < -0.3 is 10.1 Å². The number of hydrogen-bond acceptors (Lipinski definition) is 4. The van der Waals surface area contributed by atoms with Crippen LogP contribution in [0.5, 0.6) is 5.75 Å². The van der Waals surface area contributed by atoms with E-state index in [1.54, 1.807) is 24.3 Å². The Bertz CT molecular complexity index is 593. The van der Waals surface area contributed by atoms with Gasteiger partial charge in [-0.25, -0.2) is 4.79 Å². The molecule has 1 spiro atoms. The normalized spacial score (nSPS) is 19.5. The number of esters is 1. The average molecular weight is 302 g/mol. The quantitative estimate of drug-likeness (QED) is 0.523. The first-order valence-corrected chi connectivity index (χ1v) is 7.51. The van der Waals surface area contributed by atoms with Gasteiger partial charge in [0.05, 0.1) is 6.42 Å². The van der Waals surface area contributed by atoms with E-state index in [0.717, 1.165) is 17.7 Å². The van der Waals surface area contributed by atoms with Crippen LogP contribution in [0.2, 0.25) is 0 Å². The van der Waals surface area contributed by atoms with Crippen LogP contribution in [0, 0.1) is 0 Å². The van der Waals surface area contributed by atoms with Crippen molar-refractivity contribution in [2.75, 3.05) is 6.54 Å². The van der Waals surface area contributed by atoms with E-state index in [4.69, 9.17) is 4.74 Å². The number of carbonyl (C=O) groups is 3. The molecular weight excluding hydrogens is 284 g/mol. The summed E-state index contributed by atoms with van der Waals surface area (Å²) in [6.07, 6.45) is 3.24. The Balaban J connectivity index is 1.56. The molecule has 1 aromatic rings. The molecule has 1 saturated carbocycles. The number of imide groups is 1. The standard InChI is InChI=1S/C16H18N2O4/c19-13(22-12-6-2-1-3-7-12)8-11-18-14(20)16(17-15(18)21)9-4-5-10-16/h1-3,6-7H,4-5,8-11H2,(H,17,21). The summed E-state index contributed by atoms with van der Waals surface area (Å²) in [4.78, 5) is 37.3. The largest absolute Gasteiger partial charge is 0.426 e. The molecule has 1 saturated heterocycles. The van der Waals surface area contributed by atoms with Crippen LogP contribution in [0.1, 0.15) is 32.1 Å². The first-order valence-electron chi connectivity index (χ1n) is 7.51. The molecule has 1 aliphatic heterocycles. The molecule has 3 amide bonds. The van der Waals surface area contributed by atoms with E-state index < -0.39 is 17.5 Å². The average Bonchev–Trinajstić information content (AvgIpc) is 3.06. The molecule has 1 heterocycles. The fraction of sp³-hybridized carbons (Fsp3) is 0.438. The summed E-state index contributed by atoms with van der Waals surface area (Å²) in [5.74, 6) is -0.210. The first kappa shape index (κ1) is 14.6. The lowest BCUT2D eigenvalue weighted by molar-refractivity contribution is -0.135. The van der Waals surface area contributed by atoms with Crippen molar-refractivity contribution in [1.82, 2.24) is 10.2 Å². The number of urea groups is 1. The van der Waals surface area contributed by atoms with Crippen LogP contribution in [-0.4, -0.2) is 34.9 Å². The Hall–Kier alpha value is -2.37. The second-order valence-corrected chi connectivity index (χ2v) is 5.71. The lowest BCUT2D eigenvalue weighted by Gasteiger charge is -2.19. The number of amides is 3. The van der Waals surface area contributed by atoms with E-state index in [9.17, 15) is 14.4 Å². The highest BCUT2D eigenvalue weighted by Crippen LogP contribution is 2.35. The zero-order valence-electron chi connectivity index (χ0n) is 12.2. The maximum absolute atomic E-state index is 12.4. The third kappa shape index (κ3) is 2.68. The molecule has 3 rings (SSSR count). The summed E-state index contributed by atoms with van der Waals surface area (Å²) in [6.45, 7) is 0.0537. The van der Waals surface area contributed by atoms with E-state index in [0.29, 0.717) is 18.6 Å². The van der Waals surface area contributed by atoms with Crippen LogP contribution < -0.4 is 10.1 Å². The molecule has 22 heavy (non-hydrogen) atoms. The fourth-order valence-electron chi connectivity index (χ4n) is 3.07. The molecule has 1 aliphatic carbocycles. The van der Waals surface area contributed by atoms with Crippen LogP contribution in [0.4, 0.5) is 4.79 Å². The zero-order chi connectivity index (χ0) is 15.6. The summed E-state index contributed by atoms with van der Waals surface area (Å²) in [5, 5.41) is 2.79. The van der Waals surface area contributed by atoms with Gasteiger partial charge in [-0.1, -0.05) is 31.0 Å². The number of carbonyl (C=O) groups excluding carboxylic acids is 3. The minimum Gasteiger partial charge on any atom is -0.426 e. The minimum atomic E-state index is -0.722. The Labute approximate surface area is 128 Å². The predicted octanol–water partition coefficient (Wildman–Crippen LogP) is 1.85. The van der Waals surface area contributed by atoms with Gasteiger partial charge in [-0.3, -0.25) is 14.5 Å². The van der Waals surface area contributed by atoms with Crippen LogP contribution in [0.15, 0.2) is 30.3 Å². The summed E-state index contributed by atoms with van der Waals surface area (Å²) in [6, 6.07) is 8.32. The molecular formula is C16H18N2O4. The second-order valence-electron chi connectivity index (χ2n) is 5.71. The molecule has 2 fully saturated rings. The molecule has 116 valence electrons. The topological polar surface area (TPSA) is 75.7 Å². The monoisotopic (exact) mass is 302 g/mol. The van der Waals surface area contributed by atoms with E-state index in [2.05, 4.69) is 5.32 Å². The molecule has 0 aromatic heterocycles. The third-order valence-corrected chi connectivity index (χ3v) is 4.22. The second kappa shape index (κ2) is 5.79. The smallest absolute Gasteiger partial charge is 0.325 e. The Morgan fingerprint density at radius 2 is 1.86 bits per heavy atom. The number of nitrogens with zero attached hydrogens (tertiary/aromatic N) is 1. The van der Waals surface area contributed by atoms with Crippen LogP contribution in [0.3, 0.4) is 0 Å². The third-order valence-electron chi connectivity index (χ3n) is 4.22. The lowest BCUT2D eigenvalue weighted by Crippen LogP contribution is -2.44. The Morgan fingerprint density at radius 1 is 1.18 bits per heavy atom. The van der Waals surface area contributed by atoms with Gasteiger partial charge in [0.25, 0.3) is 5.91 Å². The molecule has 2 aliphatic rings. The number of hydrogen-bond donors (Lipinski definition) is 1. The van der Waals surface area contributed by atoms with Crippen molar-refractivity contribution in [2.24, 2.45) is 0 Å². The fourth-order valence-corrected chi connectivity index (χ4v) is 3.07. The van der Waals surface area contributed by atoms with Gasteiger partial charge in [-0.05, 0) is 25.0 Å². The van der Waals surface area contributed by atoms with E-state index in [-0.39, 0.29) is 18.9 Å². The first-order chi connectivity index (χ1) is 10.6. The summed E-state index contributed by atoms with van der Waals surface area (Å²) < 4.78 is 5.15. The highest BCUT2D eigenvalue weighted by atomic mass is 16.5. The summed E-state index contributed by atoms with van der Waals surface area (Å²) in [7, 11) is 0. The van der Waals surface area contributed by atoms with Crippen molar-refractivity contribution in [2.45, 2.75) is 37.6 Å². The van der Waals surface area contributed by atoms with E-state index >= 15 is 0 Å². The molecule has 0 atom stereocenters. The summed E-state index contributed by atoms with van der Waals surface area (Å²) >= 11 is 0. The van der Waals surface area contributed by atoms with Gasteiger partial charge in [0.15, 0.2) is 0 Å². The van der Waals surface area contributed by atoms with Crippen LogP contribution in [-0.2, 0) is 9.59 Å². The molecule has 0 radical (unpaired) electrons. The van der Waals surface area contributed by atoms with E-state index in [1.165, 1.54) is 0 Å². The molecule has 6 heteroatoms. The van der Waals surface area contributed by atoms with Crippen molar-refractivity contribution < 1.29 is 19.1 Å². The van der Waals surface area contributed by atoms with Crippen LogP contribution >= 0.6 is 0 Å². The van der Waals surface area contributed by atoms with Crippen molar-refractivity contribution in [1.29, 1.82) is 0 Å². The van der Waals surface area contributed by atoms with E-state index in [1.807, 2.05) is 6.07 Å². The van der Waals surface area contributed by atoms with Crippen molar-refractivity contribution in [3.63, 3.8) is 0 Å². The van der Waals surface area contributed by atoms with Gasteiger partial charge in [0.1, 0.15) is 11.3 Å². The number of ether oxygens (including phenoxy) is 1. The Morgan fingerprint density at radius 3 is 2.55 bits per heavy atom. The maximum atomic E-state index is 12.4. The highest BCUT2D eigenvalue weighted by molar-refractivity contribution is 6.07. The van der Waals surface area contributed by atoms with Crippen LogP contribution in [0.25, 0.3) is 0 Å². The van der Waals surface area contributed by atoms with Gasteiger partial charge in [0, 0.05) is 6.54 Å². The predicted molar refractivity (Wildman–Crippen MR) is 78.1 cm³/mol. The highest BCUT2D eigenvalue weighted by Gasteiger charge is 2.52. The van der Waals surface area contributed by atoms with Crippen molar-refractivity contribution >= 4 is 17.9 Å². The lowest BCUT2D eigenvalue weighted by atomic mass is 9.98. The SMILES string of the molecule is O=C(CCN1C(=O)NC2(CCCC2)C1=O)Oc1ccccc1. The molecule has 0 bridgehead atoms. The number of para-hydroxylation sites is 1. The maximum Gasteiger partial charge on any atom is 0.325 e. The molecule has 0 unspecified atom stereocenters. The Kier molecular flexibility index (Phi) is 3.83.